The van der Waals surface area contributed by atoms with Crippen LogP contribution in [0.5, 0.6) is 5.75 Å². The van der Waals surface area contributed by atoms with E-state index in [0.717, 1.165) is 49.4 Å². The number of benzene rings is 3. The molecule has 0 amide bonds. The van der Waals surface area contributed by atoms with Gasteiger partial charge in [0.1, 0.15) is 5.75 Å². The fourth-order valence-electron chi connectivity index (χ4n) is 4.52. The molecule has 1 aromatic heterocycles. The topological polar surface area (TPSA) is 87.6 Å². The molecule has 8 nitrogen and oxygen atoms in total. The third-order valence-electron chi connectivity index (χ3n) is 6.69. The van der Waals surface area contributed by atoms with Crippen LogP contribution in [0.1, 0.15) is 29.5 Å². The van der Waals surface area contributed by atoms with Crippen LogP contribution < -0.4 is 20.4 Å². The molecule has 4 aromatic rings. The molecule has 0 spiro atoms. The second-order valence-electron chi connectivity index (χ2n) is 9.54. The third kappa shape index (κ3) is 7.91. The molecule has 1 aliphatic rings. The van der Waals surface area contributed by atoms with Crippen molar-refractivity contribution in [2.45, 2.75) is 26.2 Å². The van der Waals surface area contributed by atoms with Gasteiger partial charge in [0.05, 0.1) is 13.3 Å². The van der Waals surface area contributed by atoms with Crippen LogP contribution in [0, 0.1) is 12.8 Å². The SMILES string of the molecule is COc1ccc(C=NNc2nc(Nc3ccc(C)cc3)nc(N3CCC(Cc4ccccc4)CC3)n2)cc1.Cl. The zero-order valence-corrected chi connectivity index (χ0v) is 23.1. The van der Waals surface area contributed by atoms with Crippen LogP contribution in [0.25, 0.3) is 0 Å². The third-order valence-corrected chi connectivity index (χ3v) is 6.69. The molecule has 1 fully saturated rings. The molecule has 0 bridgehead atoms. The molecule has 2 N–H and O–H groups in total. The van der Waals surface area contributed by atoms with Crippen LogP contribution in [-0.2, 0) is 6.42 Å². The van der Waals surface area contributed by atoms with Gasteiger partial charge in [-0.2, -0.15) is 20.1 Å². The number of nitrogens with one attached hydrogen (secondary N) is 2. The summed E-state index contributed by atoms with van der Waals surface area (Å²) < 4.78 is 5.22. The van der Waals surface area contributed by atoms with Gasteiger partial charge >= 0.3 is 0 Å². The first kappa shape index (κ1) is 27.9. The summed E-state index contributed by atoms with van der Waals surface area (Å²) in [5.41, 5.74) is 7.44. The number of methoxy groups -OCH3 is 1. The molecular formula is C30H34ClN7O. The second-order valence-corrected chi connectivity index (χ2v) is 9.54. The minimum absolute atomic E-state index is 0. The highest BCUT2D eigenvalue weighted by atomic mass is 35.5. The van der Waals surface area contributed by atoms with Gasteiger partial charge < -0.3 is 15.0 Å². The molecule has 1 saturated heterocycles. The first-order valence-corrected chi connectivity index (χ1v) is 13.0. The van der Waals surface area contributed by atoms with Crippen LogP contribution >= 0.6 is 12.4 Å². The Morgan fingerprint density at radius 2 is 1.59 bits per heavy atom. The van der Waals surface area contributed by atoms with E-state index in [1.165, 1.54) is 11.1 Å². The van der Waals surface area contributed by atoms with E-state index < -0.39 is 0 Å². The lowest BCUT2D eigenvalue weighted by Crippen LogP contribution is -2.35. The first-order chi connectivity index (χ1) is 18.6. The van der Waals surface area contributed by atoms with Gasteiger partial charge in [-0.3, -0.25) is 0 Å². The quantitative estimate of drug-likeness (QED) is 0.190. The molecule has 1 aliphatic heterocycles. The maximum Gasteiger partial charge on any atom is 0.250 e. The number of aromatic nitrogens is 3. The van der Waals surface area contributed by atoms with Gasteiger partial charge in [0.25, 0.3) is 0 Å². The lowest BCUT2D eigenvalue weighted by atomic mass is 9.90. The molecule has 3 aromatic carbocycles. The van der Waals surface area contributed by atoms with Crippen LogP contribution in [0.4, 0.5) is 23.5 Å². The van der Waals surface area contributed by atoms with Crippen molar-refractivity contribution in [3.05, 3.63) is 95.6 Å². The van der Waals surface area contributed by atoms with Gasteiger partial charge in [-0.15, -0.1) is 12.4 Å². The summed E-state index contributed by atoms with van der Waals surface area (Å²) in [6.07, 6.45) is 5.03. The molecule has 0 unspecified atom stereocenters. The number of piperidine rings is 1. The van der Waals surface area contributed by atoms with Crippen LogP contribution in [-0.4, -0.2) is 41.4 Å². The lowest BCUT2D eigenvalue weighted by Gasteiger charge is -2.32. The second kappa shape index (κ2) is 13.6. The molecule has 39 heavy (non-hydrogen) atoms. The van der Waals surface area contributed by atoms with E-state index in [-0.39, 0.29) is 12.4 Å². The van der Waals surface area contributed by atoms with Crippen molar-refractivity contribution in [2.24, 2.45) is 11.0 Å². The van der Waals surface area contributed by atoms with Gasteiger partial charge in [-0.1, -0.05) is 48.0 Å². The molecule has 2 heterocycles. The number of rotatable bonds is 9. The number of ether oxygens (including phenoxy) is 1. The fourth-order valence-corrected chi connectivity index (χ4v) is 4.52. The molecule has 9 heteroatoms. The number of aryl methyl sites for hydroxylation is 1. The van der Waals surface area contributed by atoms with Gasteiger partial charge in [-0.25, -0.2) is 5.43 Å². The van der Waals surface area contributed by atoms with E-state index in [4.69, 9.17) is 14.7 Å². The van der Waals surface area contributed by atoms with Gasteiger partial charge in [0, 0.05) is 18.8 Å². The lowest BCUT2D eigenvalue weighted by molar-refractivity contribution is 0.400. The smallest absolute Gasteiger partial charge is 0.250 e. The maximum atomic E-state index is 5.22. The fraction of sp³-hybridized carbons (Fsp3) is 0.267. The Morgan fingerprint density at radius 3 is 2.28 bits per heavy atom. The van der Waals surface area contributed by atoms with Gasteiger partial charge in [0.15, 0.2) is 0 Å². The van der Waals surface area contributed by atoms with Crippen LogP contribution in [0.15, 0.2) is 84.0 Å². The predicted molar refractivity (Wildman–Crippen MR) is 161 cm³/mol. The Kier molecular flexibility index (Phi) is 9.69. The van der Waals surface area contributed by atoms with Crippen molar-refractivity contribution in [1.82, 2.24) is 15.0 Å². The number of halogens is 1. The van der Waals surface area contributed by atoms with Crippen molar-refractivity contribution >= 4 is 42.2 Å². The molecular weight excluding hydrogens is 510 g/mol. The average Bonchev–Trinajstić information content (AvgIpc) is 2.95. The van der Waals surface area contributed by atoms with Crippen LogP contribution in [0.3, 0.4) is 0 Å². The average molecular weight is 544 g/mol. The summed E-state index contributed by atoms with van der Waals surface area (Å²) in [5.74, 6) is 2.98. The molecule has 0 atom stereocenters. The predicted octanol–water partition coefficient (Wildman–Crippen LogP) is 6.26. The molecule has 0 aliphatic carbocycles. The normalized spacial score (nSPS) is 13.6. The molecule has 5 rings (SSSR count). The van der Waals surface area contributed by atoms with Gasteiger partial charge in [-0.05, 0) is 79.6 Å². The Hall–Kier alpha value is -4.17. The Labute approximate surface area is 236 Å². The summed E-state index contributed by atoms with van der Waals surface area (Å²) in [6, 6.07) is 26.5. The van der Waals surface area contributed by atoms with Crippen molar-refractivity contribution in [3.63, 3.8) is 0 Å². The van der Waals surface area contributed by atoms with E-state index in [1.54, 1.807) is 13.3 Å². The summed E-state index contributed by atoms with van der Waals surface area (Å²) in [6.45, 7) is 3.87. The summed E-state index contributed by atoms with van der Waals surface area (Å²) in [4.78, 5) is 16.3. The highest BCUT2D eigenvalue weighted by Crippen LogP contribution is 2.26. The zero-order chi connectivity index (χ0) is 26.2. The summed E-state index contributed by atoms with van der Waals surface area (Å²) in [7, 11) is 1.65. The minimum atomic E-state index is 0. The van der Waals surface area contributed by atoms with Crippen molar-refractivity contribution < 1.29 is 4.74 Å². The Morgan fingerprint density at radius 1 is 0.897 bits per heavy atom. The van der Waals surface area contributed by atoms with E-state index in [2.05, 4.69) is 75.1 Å². The number of hydrogen-bond donors (Lipinski definition) is 2. The minimum Gasteiger partial charge on any atom is -0.497 e. The van der Waals surface area contributed by atoms with E-state index in [1.807, 2.05) is 36.4 Å². The van der Waals surface area contributed by atoms with Crippen LogP contribution in [0.2, 0.25) is 0 Å². The summed E-state index contributed by atoms with van der Waals surface area (Å²) in [5, 5.41) is 7.68. The zero-order valence-electron chi connectivity index (χ0n) is 22.2. The van der Waals surface area contributed by atoms with Crippen molar-refractivity contribution in [1.29, 1.82) is 0 Å². The van der Waals surface area contributed by atoms with E-state index in [0.29, 0.717) is 23.8 Å². The molecule has 202 valence electrons. The highest BCUT2D eigenvalue weighted by molar-refractivity contribution is 5.85. The number of hydrogen-bond acceptors (Lipinski definition) is 8. The number of nitrogens with zero attached hydrogens (tertiary/aromatic N) is 5. The first-order valence-electron chi connectivity index (χ1n) is 13.0. The molecule has 0 saturated carbocycles. The number of anilines is 4. The monoisotopic (exact) mass is 543 g/mol. The Balaban J connectivity index is 0.00000353. The highest BCUT2D eigenvalue weighted by Gasteiger charge is 2.22. The summed E-state index contributed by atoms with van der Waals surface area (Å²) >= 11 is 0. The molecule has 0 radical (unpaired) electrons. The van der Waals surface area contributed by atoms with Crippen molar-refractivity contribution in [2.75, 3.05) is 35.8 Å². The maximum absolute atomic E-state index is 5.22. The van der Waals surface area contributed by atoms with E-state index >= 15 is 0 Å². The van der Waals surface area contributed by atoms with E-state index in [9.17, 15) is 0 Å². The number of hydrazone groups is 1. The Bertz CT molecular complexity index is 1340. The largest absolute Gasteiger partial charge is 0.497 e. The van der Waals surface area contributed by atoms with Gasteiger partial charge in [0.2, 0.25) is 17.8 Å². The van der Waals surface area contributed by atoms with Crippen molar-refractivity contribution in [3.8, 4) is 5.75 Å². The standard InChI is InChI=1S/C30H33N7O.ClH/c1-22-8-12-26(13-9-22)32-28-33-29(36-31-21-25-10-14-27(38-2)15-11-25)35-30(34-28)37-18-16-24(17-19-37)20-23-6-4-3-5-7-23;/h3-15,21,24H,16-20H2,1-2H3,(H2,32,33,34,35,36);1H.